The van der Waals surface area contributed by atoms with Crippen molar-refractivity contribution in [2.24, 2.45) is 0 Å². The summed E-state index contributed by atoms with van der Waals surface area (Å²) in [6.45, 7) is 7.30. The largest absolute Gasteiger partial charge is 0.370 e. The molecule has 1 aliphatic rings. The lowest BCUT2D eigenvalue weighted by Gasteiger charge is -2.14. The molecule has 3 rings (SSSR count). The van der Waals surface area contributed by atoms with Crippen LogP contribution in [-0.4, -0.2) is 21.5 Å². The number of pyridine rings is 1. The summed E-state index contributed by atoms with van der Waals surface area (Å²) in [4.78, 5) is 13.9. The van der Waals surface area contributed by atoms with E-state index in [-0.39, 0.29) is 0 Å². The minimum absolute atomic E-state index is 0.545. The molecule has 0 radical (unpaired) electrons. The second kappa shape index (κ2) is 5.80. The lowest BCUT2D eigenvalue weighted by molar-refractivity contribution is 0.902. The zero-order valence-electron chi connectivity index (χ0n) is 13.0. The zero-order chi connectivity index (χ0) is 14.8. The van der Waals surface area contributed by atoms with Gasteiger partial charge in [-0.1, -0.05) is 6.92 Å². The highest BCUT2D eigenvalue weighted by Gasteiger charge is 2.28. The normalized spacial score (nSPS) is 14.2. The zero-order valence-corrected chi connectivity index (χ0v) is 13.0. The van der Waals surface area contributed by atoms with Gasteiger partial charge in [-0.2, -0.15) is 0 Å². The van der Waals surface area contributed by atoms with E-state index < -0.39 is 0 Å². The molecule has 0 unspecified atom stereocenters. The van der Waals surface area contributed by atoms with Gasteiger partial charge in [0.2, 0.25) is 0 Å². The highest BCUT2D eigenvalue weighted by Crippen LogP contribution is 2.40. The molecule has 0 atom stereocenters. The average Bonchev–Trinajstić information content (AvgIpc) is 3.32. The predicted octanol–water partition coefficient (Wildman–Crippen LogP) is 3.85. The third kappa shape index (κ3) is 2.89. The van der Waals surface area contributed by atoms with E-state index in [1.807, 2.05) is 18.5 Å². The number of anilines is 1. The minimum atomic E-state index is 0.545. The van der Waals surface area contributed by atoms with Crippen molar-refractivity contribution in [3.63, 3.8) is 0 Å². The first-order valence-electron chi connectivity index (χ1n) is 7.74. The standard InChI is InChI=1S/C17H22N4/c1-4-8-19-16-12(3)15(14-10-18-9-7-11(14)2)20-17(21-16)13-5-6-13/h7,9-10,13H,4-6,8H2,1-3H3,(H,19,20,21). The smallest absolute Gasteiger partial charge is 0.134 e. The maximum atomic E-state index is 4.84. The van der Waals surface area contributed by atoms with Gasteiger partial charge in [0.25, 0.3) is 0 Å². The van der Waals surface area contributed by atoms with Gasteiger partial charge in [-0.15, -0.1) is 0 Å². The lowest BCUT2D eigenvalue weighted by Crippen LogP contribution is -2.09. The Morgan fingerprint density at radius 1 is 1.24 bits per heavy atom. The average molecular weight is 282 g/mol. The van der Waals surface area contributed by atoms with E-state index in [0.717, 1.165) is 41.4 Å². The van der Waals surface area contributed by atoms with Crippen LogP contribution < -0.4 is 5.32 Å². The van der Waals surface area contributed by atoms with Crippen LogP contribution in [0.1, 0.15) is 49.1 Å². The van der Waals surface area contributed by atoms with Crippen LogP contribution >= 0.6 is 0 Å². The molecule has 4 nitrogen and oxygen atoms in total. The van der Waals surface area contributed by atoms with Crippen LogP contribution in [0.3, 0.4) is 0 Å². The SMILES string of the molecule is CCCNc1nc(C2CC2)nc(-c2cnccc2C)c1C. The summed E-state index contributed by atoms with van der Waals surface area (Å²) in [5.74, 6) is 2.51. The number of aromatic nitrogens is 3. The van der Waals surface area contributed by atoms with Crippen LogP contribution in [0, 0.1) is 13.8 Å². The van der Waals surface area contributed by atoms with Gasteiger partial charge in [0.1, 0.15) is 11.6 Å². The molecule has 4 heteroatoms. The molecular weight excluding hydrogens is 260 g/mol. The molecule has 0 spiro atoms. The first-order valence-corrected chi connectivity index (χ1v) is 7.74. The van der Waals surface area contributed by atoms with Crippen molar-refractivity contribution in [3.8, 4) is 11.3 Å². The van der Waals surface area contributed by atoms with Gasteiger partial charge in [-0.05, 0) is 44.7 Å². The second-order valence-electron chi connectivity index (χ2n) is 5.80. The van der Waals surface area contributed by atoms with E-state index in [2.05, 4.69) is 31.1 Å². The number of aryl methyl sites for hydroxylation is 1. The number of hydrogen-bond donors (Lipinski definition) is 1. The van der Waals surface area contributed by atoms with Gasteiger partial charge >= 0.3 is 0 Å². The van der Waals surface area contributed by atoms with Crippen molar-refractivity contribution >= 4 is 5.82 Å². The van der Waals surface area contributed by atoms with Gasteiger partial charge in [0.15, 0.2) is 0 Å². The van der Waals surface area contributed by atoms with Crippen LogP contribution in [0.2, 0.25) is 0 Å². The lowest BCUT2D eigenvalue weighted by atomic mass is 10.0. The number of nitrogens with one attached hydrogen (secondary N) is 1. The first-order chi connectivity index (χ1) is 10.2. The summed E-state index contributed by atoms with van der Waals surface area (Å²) in [5.41, 5.74) is 4.45. The second-order valence-corrected chi connectivity index (χ2v) is 5.80. The summed E-state index contributed by atoms with van der Waals surface area (Å²) in [7, 11) is 0. The molecule has 2 aromatic rings. The fraction of sp³-hybridized carbons (Fsp3) is 0.471. The monoisotopic (exact) mass is 282 g/mol. The maximum absolute atomic E-state index is 4.84. The summed E-state index contributed by atoms with van der Waals surface area (Å²) in [6.07, 6.45) is 7.24. The Kier molecular flexibility index (Phi) is 3.86. The molecule has 1 N–H and O–H groups in total. The molecule has 1 saturated carbocycles. The molecule has 2 heterocycles. The number of hydrogen-bond acceptors (Lipinski definition) is 4. The first kappa shape index (κ1) is 14.0. The quantitative estimate of drug-likeness (QED) is 0.905. The van der Waals surface area contributed by atoms with E-state index >= 15 is 0 Å². The van der Waals surface area contributed by atoms with Crippen LogP contribution in [-0.2, 0) is 0 Å². The molecule has 0 aromatic carbocycles. The molecule has 1 fully saturated rings. The Morgan fingerprint density at radius 3 is 2.71 bits per heavy atom. The van der Waals surface area contributed by atoms with Crippen molar-refractivity contribution in [3.05, 3.63) is 35.4 Å². The van der Waals surface area contributed by atoms with Gasteiger partial charge in [0.05, 0.1) is 5.69 Å². The van der Waals surface area contributed by atoms with Crippen LogP contribution in [0.4, 0.5) is 5.82 Å². The minimum Gasteiger partial charge on any atom is -0.370 e. The molecule has 21 heavy (non-hydrogen) atoms. The van der Waals surface area contributed by atoms with Gasteiger partial charge in [-0.25, -0.2) is 9.97 Å². The Hall–Kier alpha value is -1.97. The van der Waals surface area contributed by atoms with Crippen LogP contribution in [0.15, 0.2) is 18.5 Å². The van der Waals surface area contributed by atoms with E-state index in [1.54, 1.807) is 0 Å². The van der Waals surface area contributed by atoms with Crippen molar-refractivity contribution in [1.82, 2.24) is 15.0 Å². The third-order valence-corrected chi connectivity index (χ3v) is 3.94. The summed E-state index contributed by atoms with van der Waals surface area (Å²) in [6, 6.07) is 2.03. The molecular formula is C17H22N4. The van der Waals surface area contributed by atoms with Gasteiger partial charge in [0, 0.05) is 36.0 Å². The van der Waals surface area contributed by atoms with Crippen molar-refractivity contribution in [1.29, 1.82) is 0 Å². The Balaban J connectivity index is 2.09. The van der Waals surface area contributed by atoms with Gasteiger partial charge < -0.3 is 5.32 Å². The van der Waals surface area contributed by atoms with Crippen molar-refractivity contribution < 1.29 is 0 Å². The van der Waals surface area contributed by atoms with E-state index in [4.69, 9.17) is 9.97 Å². The summed E-state index contributed by atoms with van der Waals surface area (Å²) >= 11 is 0. The number of rotatable bonds is 5. The van der Waals surface area contributed by atoms with E-state index in [1.165, 1.54) is 18.4 Å². The van der Waals surface area contributed by atoms with Crippen molar-refractivity contribution in [2.75, 3.05) is 11.9 Å². The summed E-state index contributed by atoms with van der Waals surface area (Å²) in [5, 5.41) is 3.44. The predicted molar refractivity (Wildman–Crippen MR) is 85.5 cm³/mol. The van der Waals surface area contributed by atoms with Gasteiger partial charge in [-0.3, -0.25) is 4.98 Å². The van der Waals surface area contributed by atoms with Crippen molar-refractivity contribution in [2.45, 2.75) is 46.0 Å². The molecule has 0 amide bonds. The highest BCUT2D eigenvalue weighted by atomic mass is 15.0. The molecule has 0 aliphatic heterocycles. The van der Waals surface area contributed by atoms with Crippen LogP contribution in [0.5, 0.6) is 0 Å². The Bertz CT molecular complexity index is 647. The Labute approximate surface area is 126 Å². The summed E-state index contributed by atoms with van der Waals surface area (Å²) < 4.78 is 0. The molecule has 0 saturated heterocycles. The highest BCUT2D eigenvalue weighted by molar-refractivity contribution is 5.70. The number of nitrogens with zero attached hydrogens (tertiary/aromatic N) is 3. The third-order valence-electron chi connectivity index (χ3n) is 3.94. The van der Waals surface area contributed by atoms with E-state index in [9.17, 15) is 0 Å². The fourth-order valence-electron chi connectivity index (χ4n) is 2.45. The fourth-order valence-corrected chi connectivity index (χ4v) is 2.45. The molecule has 2 aromatic heterocycles. The molecule has 0 bridgehead atoms. The molecule has 1 aliphatic carbocycles. The Morgan fingerprint density at radius 2 is 2.05 bits per heavy atom. The maximum Gasteiger partial charge on any atom is 0.134 e. The van der Waals surface area contributed by atoms with Crippen LogP contribution in [0.25, 0.3) is 11.3 Å². The van der Waals surface area contributed by atoms with E-state index in [0.29, 0.717) is 5.92 Å². The molecule has 110 valence electrons. The topological polar surface area (TPSA) is 50.7 Å².